The van der Waals surface area contributed by atoms with E-state index in [0.717, 1.165) is 17.0 Å². The van der Waals surface area contributed by atoms with Gasteiger partial charge in [0, 0.05) is 62.6 Å². The molecule has 2 aliphatic heterocycles. The van der Waals surface area contributed by atoms with Crippen molar-refractivity contribution in [1.29, 1.82) is 0 Å². The van der Waals surface area contributed by atoms with Crippen LogP contribution in [-0.2, 0) is 20.9 Å². The van der Waals surface area contributed by atoms with Gasteiger partial charge in [0.15, 0.2) is 6.04 Å². The van der Waals surface area contributed by atoms with Crippen molar-refractivity contribution in [2.24, 2.45) is 0 Å². The Kier molecular flexibility index (Phi) is 6.90. The predicted octanol–water partition coefficient (Wildman–Crippen LogP) is 5.08. The van der Waals surface area contributed by atoms with Crippen LogP contribution in [0.4, 0.5) is 33.9 Å². The summed E-state index contributed by atoms with van der Waals surface area (Å²) in [4.78, 5) is 32.6. The van der Waals surface area contributed by atoms with E-state index in [9.17, 15) is 37.8 Å². The minimum atomic E-state index is -10.0. The first-order valence-electron chi connectivity index (χ1n) is 13.1. The number of hydrogen-bond acceptors (Lipinski definition) is 4. The minimum absolute atomic E-state index is 0.0321. The fourth-order valence-corrected chi connectivity index (χ4v) is 6.55. The van der Waals surface area contributed by atoms with E-state index in [4.69, 9.17) is 4.74 Å². The van der Waals surface area contributed by atoms with Gasteiger partial charge in [-0.3, -0.25) is 19.5 Å². The lowest BCUT2D eigenvalue weighted by Gasteiger charge is -2.44. The zero-order valence-electron chi connectivity index (χ0n) is 22.0. The van der Waals surface area contributed by atoms with Crippen LogP contribution < -0.4 is 10.2 Å². The molecule has 3 heterocycles. The lowest BCUT2D eigenvalue weighted by molar-refractivity contribution is -0.659. The molecular formula is C26H30F7N4O3S+. The lowest BCUT2D eigenvalue weighted by Crippen LogP contribution is -2.90. The van der Waals surface area contributed by atoms with Gasteiger partial charge in [-0.05, 0) is 48.7 Å². The topological polar surface area (TPSA) is 79.3 Å². The molecule has 41 heavy (non-hydrogen) atoms. The van der Waals surface area contributed by atoms with Crippen LogP contribution in [0.25, 0.3) is 0 Å². The van der Waals surface area contributed by atoms with Gasteiger partial charge in [-0.1, -0.05) is 19.4 Å². The highest BCUT2D eigenvalue weighted by atomic mass is 32.5. The monoisotopic (exact) mass is 611 g/mol. The van der Waals surface area contributed by atoms with E-state index in [0.29, 0.717) is 17.7 Å². The third-order valence-electron chi connectivity index (χ3n) is 8.13. The van der Waals surface area contributed by atoms with E-state index >= 15 is 0 Å². The van der Waals surface area contributed by atoms with E-state index in [-0.39, 0.29) is 49.7 Å². The Morgan fingerprint density at radius 3 is 2.34 bits per heavy atom. The number of halogens is 7. The second-order valence-corrected chi connectivity index (χ2v) is 13.3. The number of carbonyl (C=O) groups excluding carboxylic acids is 2. The van der Waals surface area contributed by atoms with Gasteiger partial charge in [0.2, 0.25) is 5.92 Å². The second-order valence-electron chi connectivity index (χ2n) is 10.9. The van der Waals surface area contributed by atoms with Crippen LogP contribution in [0.2, 0.25) is 0 Å². The van der Waals surface area contributed by atoms with Crippen molar-refractivity contribution in [3.05, 3.63) is 53.9 Å². The van der Waals surface area contributed by atoms with E-state index < -0.39 is 63.8 Å². The summed E-state index contributed by atoms with van der Waals surface area (Å²) in [6, 6.07) is 0.804. The summed E-state index contributed by atoms with van der Waals surface area (Å²) in [6.07, 6.45) is 2.04. The Morgan fingerprint density at radius 1 is 1.10 bits per heavy atom. The van der Waals surface area contributed by atoms with Crippen molar-refractivity contribution in [1.82, 2.24) is 9.88 Å². The van der Waals surface area contributed by atoms with Crippen LogP contribution in [-0.4, -0.2) is 59.5 Å². The van der Waals surface area contributed by atoms with Crippen molar-refractivity contribution in [3.8, 4) is 0 Å². The predicted molar refractivity (Wildman–Crippen MR) is 136 cm³/mol. The Labute approximate surface area is 231 Å². The summed E-state index contributed by atoms with van der Waals surface area (Å²) in [7, 11) is -8.54. The van der Waals surface area contributed by atoms with E-state index in [1.807, 2.05) is 0 Å². The Hall–Kier alpha value is -2.91. The maximum Gasteiger partial charge on any atom is 0.310 e. The van der Waals surface area contributed by atoms with E-state index in [1.165, 1.54) is 24.4 Å². The Morgan fingerprint density at radius 2 is 1.76 bits per heavy atom. The van der Waals surface area contributed by atoms with Gasteiger partial charge >= 0.3 is 10.2 Å². The maximum atomic E-state index is 14.1. The first-order chi connectivity index (χ1) is 19.0. The van der Waals surface area contributed by atoms with Crippen LogP contribution in [0, 0.1) is 0 Å². The smallest absolute Gasteiger partial charge is 0.310 e. The molecule has 1 aromatic heterocycles. The number of pyridine rings is 1. The molecule has 0 radical (unpaired) electrons. The van der Waals surface area contributed by atoms with Gasteiger partial charge in [-0.25, -0.2) is 8.78 Å². The van der Waals surface area contributed by atoms with Crippen LogP contribution in [0.1, 0.15) is 49.3 Å². The van der Waals surface area contributed by atoms with Crippen LogP contribution in [0.5, 0.6) is 0 Å². The molecule has 7 nitrogen and oxygen atoms in total. The molecule has 0 bridgehead atoms. The molecule has 2 fully saturated rings. The van der Waals surface area contributed by atoms with Crippen LogP contribution >= 0.6 is 10.2 Å². The van der Waals surface area contributed by atoms with Crippen molar-refractivity contribution >= 4 is 27.7 Å². The third kappa shape index (κ3) is 6.02. The highest BCUT2D eigenvalue weighted by molar-refractivity contribution is 8.45. The first kappa shape index (κ1) is 29.6. The molecule has 1 saturated heterocycles. The minimum Gasteiger partial charge on any atom is -0.375 e. The maximum absolute atomic E-state index is 14.1. The van der Waals surface area contributed by atoms with Crippen molar-refractivity contribution < 1.29 is 47.9 Å². The fourth-order valence-electron chi connectivity index (χ4n) is 5.90. The number of amides is 2. The summed E-state index contributed by atoms with van der Waals surface area (Å²) < 4.78 is 101. The molecule has 226 valence electrons. The number of rotatable bonds is 6. The van der Waals surface area contributed by atoms with Gasteiger partial charge in [-0.2, -0.15) is 0 Å². The molecule has 2 aromatic rings. The Balaban J connectivity index is 1.59. The number of alkyl halides is 2. The van der Waals surface area contributed by atoms with Crippen molar-refractivity contribution in [3.63, 3.8) is 0 Å². The van der Waals surface area contributed by atoms with E-state index in [2.05, 4.69) is 4.98 Å². The van der Waals surface area contributed by atoms with Gasteiger partial charge in [0.1, 0.15) is 23.6 Å². The third-order valence-corrected chi connectivity index (χ3v) is 9.30. The van der Waals surface area contributed by atoms with Gasteiger partial charge in [0.05, 0.1) is 0 Å². The number of carbonyl (C=O) groups is 2. The first-order valence-corrected chi connectivity index (χ1v) is 15.1. The van der Waals surface area contributed by atoms with Crippen molar-refractivity contribution in [2.45, 2.75) is 73.7 Å². The summed E-state index contributed by atoms with van der Waals surface area (Å²) in [5, 5.41) is 1.69. The number of nitrogens with zero attached hydrogens (tertiary/aromatic N) is 3. The summed E-state index contributed by atoms with van der Waals surface area (Å²) in [5.74, 6) is -4.08. The molecule has 1 aliphatic carbocycles. The largest absolute Gasteiger partial charge is 0.375 e. The second kappa shape index (κ2) is 9.56. The molecule has 15 heteroatoms. The molecule has 3 aliphatic rings. The van der Waals surface area contributed by atoms with Crippen molar-refractivity contribution in [2.75, 3.05) is 18.6 Å². The van der Waals surface area contributed by atoms with E-state index in [1.54, 1.807) is 11.4 Å². The molecule has 1 unspecified atom stereocenters. The molecule has 1 aromatic carbocycles. The number of benzene rings is 1. The Bertz CT molecular complexity index is 1330. The summed E-state index contributed by atoms with van der Waals surface area (Å²) in [6.45, 7) is 0.499. The number of anilines is 1. The molecule has 2 N–H and O–H groups in total. The number of methoxy groups -OCH3 is 1. The lowest BCUT2D eigenvalue weighted by atomic mass is 9.87. The zero-order valence-corrected chi connectivity index (χ0v) is 22.8. The highest BCUT2D eigenvalue weighted by Crippen LogP contribution is 3.02. The molecule has 5 rings (SSSR count). The zero-order chi connectivity index (χ0) is 29.9. The standard InChI is InChI=1S/C26H29F7N4O3S/c1-40-19-12-22(35-13-19)24(38)37(18-2-4-20(5-3-18)41(29,30,31,32)33)23-21-14-34-11-8-16(21)15-36(25(23)39)17-6-9-26(27,28)10-7-17/h2-5,8,11,14,17,19,22-23,35H,6-7,9-10,12-13,15H2,1H3/p+1/t19-,22-,23?/m1/s1. The SMILES string of the molecule is CO[C@H]1C[NH2+][C@@H](C(=O)N(c2ccc(S(F)(F)(F)(F)F)cc2)C2C(=O)N(C3CCC(F)(F)CC3)Cc3ccncc32)C1. The molecular weight excluding hydrogens is 581 g/mol. The number of aromatic nitrogens is 1. The molecule has 2 amide bonds. The number of hydrogen-bond donors (Lipinski definition) is 1. The number of quaternary nitrogens is 1. The summed E-state index contributed by atoms with van der Waals surface area (Å²) >= 11 is 0. The quantitative estimate of drug-likeness (QED) is 0.462. The molecule has 1 saturated carbocycles. The number of nitrogens with two attached hydrogens (primary N) is 1. The average molecular weight is 612 g/mol. The highest BCUT2D eigenvalue weighted by Gasteiger charge is 2.65. The van der Waals surface area contributed by atoms with Gasteiger partial charge < -0.3 is 15.0 Å². The average Bonchev–Trinajstić information content (AvgIpc) is 3.38. The number of ether oxygens (including phenoxy) is 1. The number of fused-ring (bicyclic) bond motifs is 1. The van der Waals surface area contributed by atoms with Gasteiger partial charge in [0.25, 0.3) is 11.8 Å². The molecule has 3 atom stereocenters. The molecule has 0 spiro atoms. The van der Waals surface area contributed by atoms with Gasteiger partial charge in [-0.15, -0.1) is 0 Å². The van der Waals surface area contributed by atoms with Crippen LogP contribution in [0.15, 0.2) is 47.6 Å². The van der Waals surface area contributed by atoms with Crippen LogP contribution in [0.3, 0.4) is 0 Å². The summed E-state index contributed by atoms with van der Waals surface area (Å²) in [5.41, 5.74) is 0.717. The normalized spacial score (nSPS) is 26.7. The fraction of sp³-hybridized carbons (Fsp3) is 0.500.